The first-order valence-corrected chi connectivity index (χ1v) is 9.02. The van der Waals surface area contributed by atoms with Crippen LogP contribution in [0.15, 0.2) is 48.5 Å². The van der Waals surface area contributed by atoms with E-state index in [0.717, 1.165) is 16.0 Å². The molecule has 0 aromatic heterocycles. The number of rotatable bonds is 4. The zero-order valence-corrected chi connectivity index (χ0v) is 16.1. The van der Waals surface area contributed by atoms with E-state index in [4.69, 9.17) is 0 Å². The number of hydrogen-bond acceptors (Lipinski definition) is 3. The average molecular weight is 364 g/mol. The Morgan fingerprint density at radius 2 is 1.48 bits per heavy atom. The molecular formula is C22H24N2O3. The lowest BCUT2D eigenvalue weighted by atomic mass is 10.0. The van der Waals surface area contributed by atoms with Gasteiger partial charge in [-0.15, -0.1) is 0 Å². The molecular weight excluding hydrogens is 340 g/mol. The summed E-state index contributed by atoms with van der Waals surface area (Å²) in [6, 6.07) is 13.5. The van der Waals surface area contributed by atoms with Crippen LogP contribution in [0.4, 0.5) is 0 Å². The van der Waals surface area contributed by atoms with Crippen molar-refractivity contribution in [3.05, 3.63) is 70.8 Å². The lowest BCUT2D eigenvalue weighted by Crippen LogP contribution is -2.54. The van der Waals surface area contributed by atoms with Crippen molar-refractivity contribution >= 4 is 17.7 Å². The fourth-order valence-electron chi connectivity index (χ4n) is 3.19. The Balaban J connectivity index is 1.97. The fraction of sp³-hybridized carbons (Fsp3) is 0.318. The second kappa shape index (κ2) is 6.99. The van der Waals surface area contributed by atoms with Crippen LogP contribution >= 0.6 is 0 Å². The summed E-state index contributed by atoms with van der Waals surface area (Å²) in [6.07, 6.45) is 0.271. The molecule has 3 amide bonds. The molecule has 0 radical (unpaired) electrons. The van der Waals surface area contributed by atoms with Gasteiger partial charge in [0.2, 0.25) is 5.91 Å². The molecule has 1 N–H and O–H groups in total. The number of carbonyl (C=O) groups excluding carboxylic acids is 3. The highest BCUT2D eigenvalue weighted by molar-refractivity contribution is 6.22. The molecule has 1 unspecified atom stereocenters. The van der Waals surface area contributed by atoms with Gasteiger partial charge >= 0.3 is 0 Å². The third kappa shape index (κ3) is 3.92. The monoisotopic (exact) mass is 364 g/mol. The summed E-state index contributed by atoms with van der Waals surface area (Å²) in [5.41, 5.74) is 2.22. The van der Waals surface area contributed by atoms with Gasteiger partial charge in [-0.05, 0) is 45.4 Å². The number of amides is 3. The van der Waals surface area contributed by atoms with Gasteiger partial charge in [-0.3, -0.25) is 19.3 Å². The molecule has 1 aliphatic rings. The van der Waals surface area contributed by atoms with E-state index in [1.165, 1.54) is 0 Å². The molecule has 5 heteroatoms. The minimum absolute atomic E-state index is 0.271. The summed E-state index contributed by atoms with van der Waals surface area (Å²) in [4.78, 5) is 39.9. The maximum atomic E-state index is 13.0. The van der Waals surface area contributed by atoms with Crippen LogP contribution in [0.3, 0.4) is 0 Å². The predicted octanol–water partition coefficient (Wildman–Crippen LogP) is 3.12. The van der Waals surface area contributed by atoms with Crippen LogP contribution in [0.25, 0.3) is 0 Å². The fourth-order valence-corrected chi connectivity index (χ4v) is 3.19. The quantitative estimate of drug-likeness (QED) is 0.848. The number of nitrogens with zero attached hydrogens (tertiary/aromatic N) is 1. The maximum Gasteiger partial charge on any atom is 0.262 e. The van der Waals surface area contributed by atoms with E-state index in [0.29, 0.717) is 11.1 Å². The summed E-state index contributed by atoms with van der Waals surface area (Å²) >= 11 is 0. The molecule has 1 heterocycles. The molecule has 1 atom stereocenters. The van der Waals surface area contributed by atoms with E-state index >= 15 is 0 Å². The van der Waals surface area contributed by atoms with Crippen molar-refractivity contribution in [1.82, 2.24) is 10.2 Å². The minimum Gasteiger partial charge on any atom is -0.350 e. The van der Waals surface area contributed by atoms with Crippen molar-refractivity contribution in [3.8, 4) is 0 Å². The molecule has 2 aromatic rings. The van der Waals surface area contributed by atoms with Gasteiger partial charge in [0.25, 0.3) is 11.8 Å². The highest BCUT2D eigenvalue weighted by Crippen LogP contribution is 2.26. The Labute approximate surface area is 159 Å². The number of benzene rings is 2. The van der Waals surface area contributed by atoms with Crippen LogP contribution in [0.5, 0.6) is 0 Å². The van der Waals surface area contributed by atoms with Crippen molar-refractivity contribution < 1.29 is 14.4 Å². The lowest BCUT2D eigenvalue weighted by Gasteiger charge is -2.29. The number of imide groups is 1. The van der Waals surface area contributed by atoms with Crippen LogP contribution in [-0.2, 0) is 11.2 Å². The summed E-state index contributed by atoms with van der Waals surface area (Å²) in [7, 11) is 0. The van der Waals surface area contributed by atoms with Crippen LogP contribution < -0.4 is 5.32 Å². The van der Waals surface area contributed by atoms with E-state index < -0.39 is 23.4 Å². The van der Waals surface area contributed by atoms with Crippen molar-refractivity contribution in [1.29, 1.82) is 0 Å². The van der Waals surface area contributed by atoms with E-state index in [1.54, 1.807) is 24.3 Å². The maximum absolute atomic E-state index is 13.0. The molecule has 0 saturated carbocycles. The van der Waals surface area contributed by atoms with Crippen molar-refractivity contribution in [2.24, 2.45) is 0 Å². The van der Waals surface area contributed by atoms with E-state index in [-0.39, 0.29) is 12.3 Å². The van der Waals surface area contributed by atoms with Gasteiger partial charge in [0.05, 0.1) is 11.1 Å². The molecule has 0 bridgehead atoms. The summed E-state index contributed by atoms with van der Waals surface area (Å²) in [5.74, 6) is -1.17. The van der Waals surface area contributed by atoms with Crippen molar-refractivity contribution in [3.63, 3.8) is 0 Å². The Morgan fingerprint density at radius 3 is 1.96 bits per heavy atom. The third-order valence-electron chi connectivity index (χ3n) is 4.49. The molecule has 140 valence electrons. The number of fused-ring (bicyclic) bond motifs is 1. The van der Waals surface area contributed by atoms with Gasteiger partial charge in [0.15, 0.2) is 0 Å². The predicted molar refractivity (Wildman–Crippen MR) is 104 cm³/mol. The van der Waals surface area contributed by atoms with Crippen LogP contribution in [0.1, 0.15) is 52.6 Å². The number of hydrogen-bond donors (Lipinski definition) is 1. The van der Waals surface area contributed by atoms with Crippen LogP contribution in [-0.4, -0.2) is 34.2 Å². The topological polar surface area (TPSA) is 66.5 Å². The molecule has 0 saturated heterocycles. The zero-order valence-electron chi connectivity index (χ0n) is 16.1. The average Bonchev–Trinajstić information content (AvgIpc) is 2.85. The van der Waals surface area contributed by atoms with Gasteiger partial charge < -0.3 is 5.32 Å². The van der Waals surface area contributed by atoms with Gasteiger partial charge in [-0.25, -0.2) is 0 Å². The van der Waals surface area contributed by atoms with E-state index in [9.17, 15) is 14.4 Å². The molecule has 0 spiro atoms. The number of carbonyl (C=O) groups is 3. The highest BCUT2D eigenvalue weighted by atomic mass is 16.2. The molecule has 1 aliphatic heterocycles. The minimum atomic E-state index is -0.903. The number of aryl methyl sites for hydroxylation is 1. The van der Waals surface area contributed by atoms with Gasteiger partial charge in [-0.1, -0.05) is 42.0 Å². The Kier molecular flexibility index (Phi) is 4.87. The Bertz CT molecular complexity index is 860. The van der Waals surface area contributed by atoms with Crippen LogP contribution in [0.2, 0.25) is 0 Å². The Morgan fingerprint density at radius 1 is 0.963 bits per heavy atom. The first-order chi connectivity index (χ1) is 12.7. The lowest BCUT2D eigenvalue weighted by molar-refractivity contribution is -0.126. The zero-order chi connectivity index (χ0) is 19.8. The largest absolute Gasteiger partial charge is 0.350 e. The normalized spacial score (nSPS) is 14.9. The summed E-state index contributed by atoms with van der Waals surface area (Å²) in [5, 5.41) is 2.91. The van der Waals surface area contributed by atoms with Crippen molar-refractivity contribution in [2.75, 3.05) is 0 Å². The number of nitrogens with one attached hydrogen (secondary N) is 1. The molecule has 3 rings (SSSR count). The van der Waals surface area contributed by atoms with Gasteiger partial charge in [0, 0.05) is 12.0 Å². The summed E-state index contributed by atoms with van der Waals surface area (Å²) in [6.45, 7) is 7.60. The Hall–Kier alpha value is -2.95. The first-order valence-electron chi connectivity index (χ1n) is 9.02. The second-order valence-corrected chi connectivity index (χ2v) is 7.97. The molecule has 0 fully saturated rings. The van der Waals surface area contributed by atoms with E-state index in [1.807, 2.05) is 52.0 Å². The summed E-state index contributed by atoms with van der Waals surface area (Å²) < 4.78 is 0. The molecule has 5 nitrogen and oxygen atoms in total. The second-order valence-electron chi connectivity index (χ2n) is 7.97. The molecule has 27 heavy (non-hydrogen) atoms. The van der Waals surface area contributed by atoms with E-state index in [2.05, 4.69) is 5.32 Å². The van der Waals surface area contributed by atoms with Crippen molar-refractivity contribution in [2.45, 2.75) is 45.7 Å². The molecule has 2 aromatic carbocycles. The third-order valence-corrected chi connectivity index (χ3v) is 4.49. The highest BCUT2D eigenvalue weighted by Gasteiger charge is 2.43. The van der Waals surface area contributed by atoms with Gasteiger partial charge in [0.1, 0.15) is 6.04 Å². The smallest absolute Gasteiger partial charge is 0.262 e. The van der Waals surface area contributed by atoms with Gasteiger partial charge in [-0.2, -0.15) is 0 Å². The first kappa shape index (κ1) is 18.8. The van der Waals surface area contributed by atoms with Crippen LogP contribution in [0, 0.1) is 6.92 Å². The molecule has 0 aliphatic carbocycles. The SMILES string of the molecule is Cc1ccc(CC(C(=O)NC(C)(C)C)N2C(=O)c3ccccc3C2=O)cc1. The standard InChI is InChI=1S/C22H24N2O3/c1-14-9-11-15(12-10-14)13-18(19(25)23-22(2,3)4)24-20(26)16-7-5-6-8-17(16)21(24)27/h5-12,18H,13H2,1-4H3,(H,23,25).